The SMILES string of the molecule is CCCCCC(=O)Nc1ccc2c(c1)NC(=O)N1CCCCN21. The van der Waals surface area contributed by atoms with Crippen molar-refractivity contribution in [2.45, 2.75) is 45.4 Å². The van der Waals surface area contributed by atoms with Crippen LogP contribution in [0.2, 0.25) is 0 Å². The van der Waals surface area contributed by atoms with E-state index in [0.29, 0.717) is 6.42 Å². The highest BCUT2D eigenvalue weighted by Crippen LogP contribution is 2.35. The van der Waals surface area contributed by atoms with Gasteiger partial charge < -0.3 is 10.6 Å². The lowest BCUT2D eigenvalue weighted by molar-refractivity contribution is -0.116. The Morgan fingerprint density at radius 3 is 2.78 bits per heavy atom. The van der Waals surface area contributed by atoms with Gasteiger partial charge in [0.25, 0.3) is 0 Å². The molecule has 3 rings (SSSR count). The number of rotatable bonds is 5. The second kappa shape index (κ2) is 6.89. The van der Waals surface area contributed by atoms with Crippen molar-refractivity contribution in [3.63, 3.8) is 0 Å². The Balaban J connectivity index is 1.71. The van der Waals surface area contributed by atoms with Gasteiger partial charge >= 0.3 is 6.03 Å². The minimum absolute atomic E-state index is 0.0279. The highest BCUT2D eigenvalue weighted by atomic mass is 16.2. The van der Waals surface area contributed by atoms with Gasteiger partial charge in [0.15, 0.2) is 0 Å². The highest BCUT2D eigenvalue weighted by Gasteiger charge is 2.31. The molecule has 1 aromatic carbocycles. The third-order valence-corrected chi connectivity index (χ3v) is 4.32. The zero-order valence-corrected chi connectivity index (χ0v) is 13.6. The fourth-order valence-electron chi connectivity index (χ4n) is 3.10. The first kappa shape index (κ1) is 15.6. The average Bonchev–Trinajstić information content (AvgIpc) is 2.55. The number of hydrogen-bond acceptors (Lipinski definition) is 3. The van der Waals surface area contributed by atoms with Crippen molar-refractivity contribution >= 4 is 29.0 Å². The summed E-state index contributed by atoms with van der Waals surface area (Å²) in [7, 11) is 0. The quantitative estimate of drug-likeness (QED) is 0.816. The molecule has 1 aromatic rings. The van der Waals surface area contributed by atoms with Crippen LogP contribution in [-0.2, 0) is 4.79 Å². The van der Waals surface area contributed by atoms with Crippen LogP contribution >= 0.6 is 0 Å². The highest BCUT2D eigenvalue weighted by molar-refractivity contribution is 6.00. The lowest BCUT2D eigenvalue weighted by Crippen LogP contribution is -2.55. The fraction of sp³-hybridized carbons (Fsp3) is 0.529. The molecule has 0 aromatic heterocycles. The molecule has 0 radical (unpaired) electrons. The largest absolute Gasteiger partial charge is 0.340 e. The van der Waals surface area contributed by atoms with E-state index in [4.69, 9.17) is 0 Å². The normalized spacial score (nSPS) is 16.5. The number of urea groups is 1. The summed E-state index contributed by atoms with van der Waals surface area (Å²) in [5.41, 5.74) is 2.49. The van der Waals surface area contributed by atoms with Crippen molar-refractivity contribution < 1.29 is 9.59 Å². The number of hydrazine groups is 1. The van der Waals surface area contributed by atoms with Gasteiger partial charge in [-0.15, -0.1) is 0 Å². The molecular formula is C17H24N4O2. The number of carbonyl (C=O) groups excluding carboxylic acids is 2. The zero-order chi connectivity index (χ0) is 16.2. The van der Waals surface area contributed by atoms with Crippen LogP contribution in [0.3, 0.4) is 0 Å². The molecule has 0 spiro atoms. The number of hydrogen-bond donors (Lipinski definition) is 2. The predicted octanol–water partition coefficient (Wildman–Crippen LogP) is 3.57. The maximum Gasteiger partial charge on any atom is 0.340 e. The predicted molar refractivity (Wildman–Crippen MR) is 91.5 cm³/mol. The van der Waals surface area contributed by atoms with Crippen molar-refractivity contribution in [1.29, 1.82) is 0 Å². The molecule has 0 aliphatic carbocycles. The monoisotopic (exact) mass is 316 g/mol. The van der Waals surface area contributed by atoms with Crippen LogP contribution in [0.15, 0.2) is 18.2 Å². The molecule has 2 N–H and O–H groups in total. The number of fused-ring (bicyclic) bond motifs is 3. The molecule has 1 saturated heterocycles. The van der Waals surface area contributed by atoms with E-state index in [1.54, 1.807) is 5.01 Å². The lowest BCUT2D eigenvalue weighted by Gasteiger charge is -2.44. The molecule has 3 amide bonds. The summed E-state index contributed by atoms with van der Waals surface area (Å²) >= 11 is 0. The maximum absolute atomic E-state index is 12.2. The van der Waals surface area contributed by atoms with E-state index in [0.717, 1.165) is 62.3 Å². The molecule has 23 heavy (non-hydrogen) atoms. The van der Waals surface area contributed by atoms with Crippen LogP contribution in [0.5, 0.6) is 0 Å². The first-order valence-electron chi connectivity index (χ1n) is 8.49. The molecular weight excluding hydrogens is 292 g/mol. The Morgan fingerprint density at radius 1 is 1.22 bits per heavy atom. The van der Waals surface area contributed by atoms with E-state index >= 15 is 0 Å². The number of amides is 3. The third kappa shape index (κ3) is 3.41. The van der Waals surface area contributed by atoms with Gasteiger partial charge in [0.1, 0.15) is 0 Å². The first-order chi connectivity index (χ1) is 11.2. The van der Waals surface area contributed by atoms with Crippen LogP contribution < -0.4 is 15.6 Å². The summed E-state index contributed by atoms with van der Waals surface area (Å²) < 4.78 is 0. The second-order valence-corrected chi connectivity index (χ2v) is 6.12. The number of nitrogens with zero attached hydrogens (tertiary/aromatic N) is 2. The molecule has 0 unspecified atom stereocenters. The topological polar surface area (TPSA) is 64.7 Å². The van der Waals surface area contributed by atoms with Crippen LogP contribution in [0.25, 0.3) is 0 Å². The van der Waals surface area contributed by atoms with E-state index in [-0.39, 0.29) is 11.9 Å². The van der Waals surface area contributed by atoms with Gasteiger partial charge in [0.05, 0.1) is 11.4 Å². The van der Waals surface area contributed by atoms with Crippen LogP contribution in [0.4, 0.5) is 21.9 Å². The van der Waals surface area contributed by atoms with Crippen molar-refractivity contribution in [1.82, 2.24) is 5.01 Å². The minimum Gasteiger partial charge on any atom is -0.326 e. The molecule has 124 valence electrons. The zero-order valence-electron chi connectivity index (χ0n) is 13.6. The summed E-state index contributed by atoms with van der Waals surface area (Å²) in [5.74, 6) is 0.0279. The summed E-state index contributed by atoms with van der Waals surface area (Å²) in [4.78, 5) is 24.1. The Hall–Kier alpha value is -2.24. The molecule has 2 aliphatic heterocycles. The van der Waals surface area contributed by atoms with Crippen molar-refractivity contribution in [3.05, 3.63) is 18.2 Å². The van der Waals surface area contributed by atoms with Crippen molar-refractivity contribution in [2.24, 2.45) is 0 Å². The van der Waals surface area contributed by atoms with E-state index in [9.17, 15) is 9.59 Å². The van der Waals surface area contributed by atoms with Gasteiger partial charge in [-0.1, -0.05) is 19.8 Å². The first-order valence-corrected chi connectivity index (χ1v) is 8.49. The van der Waals surface area contributed by atoms with E-state index < -0.39 is 0 Å². The number of nitrogens with one attached hydrogen (secondary N) is 2. The summed E-state index contributed by atoms with van der Waals surface area (Å²) in [6.07, 6.45) is 5.73. The third-order valence-electron chi connectivity index (χ3n) is 4.32. The fourth-order valence-corrected chi connectivity index (χ4v) is 3.10. The van der Waals surface area contributed by atoms with Gasteiger partial charge in [0.2, 0.25) is 5.91 Å². The van der Waals surface area contributed by atoms with Gasteiger partial charge in [-0.2, -0.15) is 0 Å². The van der Waals surface area contributed by atoms with E-state index in [1.807, 2.05) is 23.2 Å². The van der Waals surface area contributed by atoms with Gasteiger partial charge in [-0.25, -0.2) is 9.80 Å². The van der Waals surface area contributed by atoms with Crippen LogP contribution in [0, 0.1) is 0 Å². The maximum atomic E-state index is 12.2. The standard InChI is InChI=1S/C17H24N4O2/c1-2-3-4-7-16(22)18-13-8-9-15-14(12-13)19-17(23)21-11-6-5-10-20(15)21/h8-9,12H,2-7,10-11H2,1H3,(H,18,22)(H,19,23). The number of benzene rings is 1. The summed E-state index contributed by atoms with van der Waals surface area (Å²) in [6, 6.07) is 5.62. The smallest absolute Gasteiger partial charge is 0.326 e. The number of unbranched alkanes of at least 4 members (excludes halogenated alkanes) is 2. The van der Waals surface area contributed by atoms with Gasteiger partial charge in [-0.3, -0.25) is 9.80 Å². The van der Waals surface area contributed by atoms with Crippen LogP contribution in [0.1, 0.15) is 45.4 Å². The summed E-state index contributed by atoms with van der Waals surface area (Å²) in [5, 5.41) is 9.63. The minimum atomic E-state index is -0.0939. The van der Waals surface area contributed by atoms with E-state index in [1.165, 1.54) is 0 Å². The van der Waals surface area contributed by atoms with Crippen molar-refractivity contribution in [3.8, 4) is 0 Å². The van der Waals surface area contributed by atoms with Crippen molar-refractivity contribution in [2.75, 3.05) is 28.7 Å². The number of anilines is 3. The van der Waals surface area contributed by atoms with Gasteiger partial charge in [-0.05, 0) is 37.5 Å². The lowest BCUT2D eigenvalue weighted by atomic mass is 10.1. The molecule has 1 fully saturated rings. The Labute approximate surface area is 136 Å². The summed E-state index contributed by atoms with van der Waals surface area (Å²) in [6.45, 7) is 3.72. The van der Waals surface area contributed by atoms with Crippen LogP contribution in [-0.4, -0.2) is 30.0 Å². The molecule has 2 heterocycles. The molecule has 2 aliphatic rings. The molecule has 0 bridgehead atoms. The Kier molecular flexibility index (Phi) is 4.69. The Morgan fingerprint density at radius 2 is 2.00 bits per heavy atom. The number of carbonyl (C=O) groups is 2. The Bertz CT molecular complexity index is 602. The van der Waals surface area contributed by atoms with E-state index in [2.05, 4.69) is 17.6 Å². The molecule has 0 saturated carbocycles. The molecule has 6 heteroatoms. The molecule has 6 nitrogen and oxygen atoms in total. The molecule has 0 atom stereocenters. The average molecular weight is 316 g/mol. The van der Waals surface area contributed by atoms with Gasteiger partial charge in [0, 0.05) is 25.2 Å². The second-order valence-electron chi connectivity index (χ2n) is 6.12.